The van der Waals surface area contributed by atoms with Crippen molar-refractivity contribution < 1.29 is 0 Å². The molecule has 3 rings (SSSR count). The second kappa shape index (κ2) is 7.63. The van der Waals surface area contributed by atoms with Crippen molar-refractivity contribution >= 4 is 23.2 Å². The Labute approximate surface area is 147 Å². The number of rotatable bonds is 3. The lowest BCUT2D eigenvalue weighted by Gasteiger charge is -2.32. The molecule has 0 saturated carbocycles. The molecule has 0 amide bonds. The largest absolute Gasteiger partial charge is 0.315 e. The highest BCUT2D eigenvalue weighted by molar-refractivity contribution is 6.35. The van der Waals surface area contributed by atoms with E-state index < -0.39 is 0 Å². The van der Waals surface area contributed by atoms with Crippen LogP contribution in [-0.4, -0.2) is 36.1 Å². The van der Waals surface area contributed by atoms with Gasteiger partial charge in [-0.15, -0.1) is 0 Å². The van der Waals surface area contributed by atoms with Gasteiger partial charge in [0.15, 0.2) is 0 Å². The standard InChI is InChI=1S/C18H21Cl2N3/c1-13-4-2-8-22-17(13)18(23-10-3-7-21-9-11-23)15-6-5-14(19)12-16(15)20/h2,4-6,8,12,18,21H,3,7,9-11H2,1H3. The van der Waals surface area contributed by atoms with Crippen molar-refractivity contribution in [2.75, 3.05) is 26.2 Å². The highest BCUT2D eigenvalue weighted by Crippen LogP contribution is 2.35. The molecular formula is C18H21Cl2N3. The van der Waals surface area contributed by atoms with Crippen molar-refractivity contribution in [1.82, 2.24) is 15.2 Å². The van der Waals surface area contributed by atoms with Crippen molar-refractivity contribution in [3.05, 3.63) is 63.4 Å². The number of pyridine rings is 1. The van der Waals surface area contributed by atoms with E-state index in [0.717, 1.165) is 43.9 Å². The van der Waals surface area contributed by atoms with E-state index in [9.17, 15) is 0 Å². The molecule has 0 aliphatic carbocycles. The fraction of sp³-hybridized carbons (Fsp3) is 0.389. The van der Waals surface area contributed by atoms with E-state index in [1.54, 1.807) is 0 Å². The number of hydrogen-bond donors (Lipinski definition) is 1. The van der Waals surface area contributed by atoms with Crippen molar-refractivity contribution in [3.63, 3.8) is 0 Å². The van der Waals surface area contributed by atoms with Crippen LogP contribution in [0.2, 0.25) is 10.0 Å². The monoisotopic (exact) mass is 349 g/mol. The summed E-state index contributed by atoms with van der Waals surface area (Å²) in [6.45, 7) is 6.13. The summed E-state index contributed by atoms with van der Waals surface area (Å²) in [5.74, 6) is 0. The molecule has 1 aliphatic heterocycles. The maximum Gasteiger partial charge on any atom is 0.0794 e. The molecule has 2 heterocycles. The van der Waals surface area contributed by atoms with Crippen LogP contribution >= 0.6 is 23.2 Å². The molecule has 1 unspecified atom stereocenters. The molecule has 0 radical (unpaired) electrons. The molecule has 0 spiro atoms. The zero-order chi connectivity index (χ0) is 16.2. The molecule has 1 saturated heterocycles. The van der Waals surface area contributed by atoms with E-state index in [1.807, 2.05) is 30.5 Å². The van der Waals surface area contributed by atoms with Crippen LogP contribution in [-0.2, 0) is 0 Å². The second-order valence-corrected chi connectivity index (χ2v) is 6.76. The Morgan fingerprint density at radius 3 is 2.83 bits per heavy atom. The summed E-state index contributed by atoms with van der Waals surface area (Å²) in [5, 5.41) is 4.82. The van der Waals surface area contributed by atoms with E-state index in [2.05, 4.69) is 28.2 Å². The van der Waals surface area contributed by atoms with Gasteiger partial charge in [0.2, 0.25) is 0 Å². The van der Waals surface area contributed by atoms with E-state index in [-0.39, 0.29) is 6.04 Å². The van der Waals surface area contributed by atoms with Gasteiger partial charge in [-0.3, -0.25) is 9.88 Å². The minimum Gasteiger partial charge on any atom is -0.315 e. The van der Waals surface area contributed by atoms with E-state index >= 15 is 0 Å². The lowest BCUT2D eigenvalue weighted by molar-refractivity contribution is 0.236. The SMILES string of the molecule is Cc1cccnc1C(c1ccc(Cl)cc1Cl)N1CCCNCC1. The third-order valence-electron chi connectivity index (χ3n) is 4.31. The van der Waals surface area contributed by atoms with Crippen LogP contribution in [0, 0.1) is 6.92 Å². The fourth-order valence-corrected chi connectivity index (χ4v) is 3.66. The molecule has 1 atom stereocenters. The van der Waals surface area contributed by atoms with Crippen molar-refractivity contribution in [2.24, 2.45) is 0 Å². The number of nitrogens with one attached hydrogen (secondary N) is 1. The number of nitrogens with zero attached hydrogens (tertiary/aromatic N) is 2. The highest BCUT2D eigenvalue weighted by Gasteiger charge is 2.27. The lowest BCUT2D eigenvalue weighted by atomic mass is 9.98. The Morgan fingerprint density at radius 1 is 1.17 bits per heavy atom. The topological polar surface area (TPSA) is 28.2 Å². The third-order valence-corrected chi connectivity index (χ3v) is 4.87. The van der Waals surface area contributed by atoms with Crippen LogP contribution in [0.4, 0.5) is 0 Å². The molecule has 23 heavy (non-hydrogen) atoms. The molecule has 1 fully saturated rings. The fourth-order valence-electron chi connectivity index (χ4n) is 3.15. The molecule has 5 heteroatoms. The van der Waals surface area contributed by atoms with E-state index in [1.165, 1.54) is 5.56 Å². The Hall–Kier alpha value is -1.13. The van der Waals surface area contributed by atoms with Gasteiger partial charge in [0.25, 0.3) is 0 Å². The Balaban J connectivity index is 2.07. The second-order valence-electron chi connectivity index (χ2n) is 5.91. The average molecular weight is 350 g/mol. The molecule has 1 aliphatic rings. The zero-order valence-corrected chi connectivity index (χ0v) is 14.7. The van der Waals surface area contributed by atoms with Crippen molar-refractivity contribution in [3.8, 4) is 0 Å². The van der Waals surface area contributed by atoms with Gasteiger partial charge in [0.1, 0.15) is 0 Å². The van der Waals surface area contributed by atoms with Crippen LogP contribution in [0.25, 0.3) is 0 Å². The number of hydrogen-bond acceptors (Lipinski definition) is 3. The summed E-state index contributed by atoms with van der Waals surface area (Å²) in [7, 11) is 0. The molecule has 1 aromatic carbocycles. The average Bonchev–Trinajstić information content (AvgIpc) is 2.80. The summed E-state index contributed by atoms with van der Waals surface area (Å²) in [5.41, 5.74) is 3.32. The lowest BCUT2D eigenvalue weighted by Crippen LogP contribution is -2.34. The third kappa shape index (κ3) is 3.86. The summed E-state index contributed by atoms with van der Waals surface area (Å²) in [4.78, 5) is 7.13. The van der Waals surface area contributed by atoms with Gasteiger partial charge in [0, 0.05) is 35.9 Å². The van der Waals surface area contributed by atoms with Gasteiger partial charge in [-0.25, -0.2) is 0 Å². The van der Waals surface area contributed by atoms with Gasteiger partial charge >= 0.3 is 0 Å². The Kier molecular flexibility index (Phi) is 5.54. The maximum atomic E-state index is 6.53. The van der Waals surface area contributed by atoms with Crippen LogP contribution in [0.5, 0.6) is 0 Å². The van der Waals surface area contributed by atoms with Gasteiger partial charge in [0.05, 0.1) is 11.7 Å². The van der Waals surface area contributed by atoms with Crippen LogP contribution < -0.4 is 5.32 Å². The quantitative estimate of drug-likeness (QED) is 0.904. The molecule has 3 nitrogen and oxygen atoms in total. The highest BCUT2D eigenvalue weighted by atomic mass is 35.5. The number of benzene rings is 1. The number of halogens is 2. The summed E-state index contributed by atoms with van der Waals surface area (Å²) < 4.78 is 0. The summed E-state index contributed by atoms with van der Waals surface area (Å²) >= 11 is 12.6. The Bertz CT molecular complexity index is 667. The number of aromatic nitrogens is 1. The molecule has 122 valence electrons. The van der Waals surface area contributed by atoms with Crippen molar-refractivity contribution in [1.29, 1.82) is 0 Å². The molecule has 2 aromatic rings. The first-order chi connectivity index (χ1) is 11.2. The summed E-state index contributed by atoms with van der Waals surface area (Å²) in [6, 6.07) is 9.89. The van der Waals surface area contributed by atoms with Crippen LogP contribution in [0.1, 0.15) is 29.3 Å². The van der Waals surface area contributed by atoms with Gasteiger partial charge in [-0.1, -0.05) is 35.3 Å². The maximum absolute atomic E-state index is 6.53. The molecule has 1 aromatic heterocycles. The smallest absolute Gasteiger partial charge is 0.0794 e. The minimum absolute atomic E-state index is 0.0564. The first-order valence-electron chi connectivity index (χ1n) is 7.98. The normalized spacial score (nSPS) is 17.7. The molecule has 1 N–H and O–H groups in total. The van der Waals surface area contributed by atoms with Gasteiger partial charge < -0.3 is 5.32 Å². The molecular weight excluding hydrogens is 329 g/mol. The predicted octanol–water partition coefficient (Wildman–Crippen LogP) is 4.08. The molecule has 0 bridgehead atoms. The zero-order valence-electron chi connectivity index (χ0n) is 13.2. The summed E-state index contributed by atoms with van der Waals surface area (Å²) in [6.07, 6.45) is 2.98. The van der Waals surface area contributed by atoms with Crippen LogP contribution in [0.15, 0.2) is 36.5 Å². The number of aryl methyl sites for hydroxylation is 1. The first-order valence-corrected chi connectivity index (χ1v) is 8.73. The van der Waals surface area contributed by atoms with Gasteiger partial charge in [-0.2, -0.15) is 0 Å². The Morgan fingerprint density at radius 2 is 2.04 bits per heavy atom. The first kappa shape index (κ1) is 16.7. The predicted molar refractivity (Wildman–Crippen MR) is 96.3 cm³/mol. The van der Waals surface area contributed by atoms with Crippen molar-refractivity contribution in [2.45, 2.75) is 19.4 Å². The minimum atomic E-state index is 0.0564. The van der Waals surface area contributed by atoms with Gasteiger partial charge in [-0.05, 0) is 49.2 Å². The van der Waals surface area contributed by atoms with E-state index in [4.69, 9.17) is 23.2 Å². The van der Waals surface area contributed by atoms with Crippen LogP contribution in [0.3, 0.4) is 0 Å². The van der Waals surface area contributed by atoms with E-state index in [0.29, 0.717) is 10.0 Å².